The summed E-state index contributed by atoms with van der Waals surface area (Å²) in [4.78, 5) is 10.6. The largest absolute Gasteiger partial charge is 0.493 e. The molecule has 0 radical (unpaired) electrons. The summed E-state index contributed by atoms with van der Waals surface area (Å²) in [5, 5.41) is 8.67. The molecule has 0 heterocycles. The van der Waals surface area contributed by atoms with Gasteiger partial charge in [0.15, 0.2) is 18.3 Å². The van der Waals surface area contributed by atoms with Crippen LogP contribution in [0.2, 0.25) is 0 Å². The lowest BCUT2D eigenvalue weighted by molar-refractivity contribution is -0.131. The Hall–Kier alpha value is -2.25. The summed E-state index contributed by atoms with van der Waals surface area (Å²) < 4.78 is 26.1. The topological polar surface area (TPSA) is 83.5 Å². The van der Waals surface area contributed by atoms with Crippen LogP contribution < -0.4 is 14.2 Å². The lowest BCUT2D eigenvalue weighted by Crippen LogP contribution is -2.09. The average molecular weight is 312 g/mol. The van der Waals surface area contributed by atoms with Crippen LogP contribution in [0.1, 0.15) is 5.56 Å². The molecule has 1 rings (SSSR count). The SMILES string of the molecule is COCCOCOc1c(OC)cc(C=CC(=O)O)cc1OC. The molecule has 0 fully saturated rings. The highest BCUT2D eigenvalue weighted by Crippen LogP contribution is 2.38. The molecule has 0 spiro atoms. The standard InChI is InChI=1S/C15H20O7/c1-18-6-7-21-10-22-15-12(19-2)8-11(4-5-14(16)17)9-13(15)20-3/h4-5,8-9H,6-7,10H2,1-3H3,(H,16,17). The van der Waals surface area contributed by atoms with E-state index in [0.29, 0.717) is 36.0 Å². The quantitative estimate of drug-likeness (QED) is 0.400. The molecule has 1 aromatic carbocycles. The summed E-state index contributed by atoms with van der Waals surface area (Å²) in [6.45, 7) is 0.886. The van der Waals surface area contributed by atoms with E-state index in [2.05, 4.69) is 0 Å². The number of ether oxygens (including phenoxy) is 5. The molecule has 0 atom stereocenters. The van der Waals surface area contributed by atoms with Crippen LogP contribution in [0.4, 0.5) is 0 Å². The molecular weight excluding hydrogens is 292 g/mol. The molecule has 1 aromatic rings. The number of carbonyl (C=O) groups is 1. The molecule has 0 bridgehead atoms. The maximum absolute atomic E-state index is 10.6. The highest BCUT2D eigenvalue weighted by Gasteiger charge is 2.13. The number of rotatable bonds is 10. The van der Waals surface area contributed by atoms with E-state index in [1.54, 1.807) is 19.2 Å². The number of benzene rings is 1. The number of hydrogen-bond donors (Lipinski definition) is 1. The smallest absolute Gasteiger partial charge is 0.328 e. The fourth-order valence-electron chi connectivity index (χ4n) is 1.61. The van der Waals surface area contributed by atoms with Crippen molar-refractivity contribution in [1.29, 1.82) is 0 Å². The van der Waals surface area contributed by atoms with Gasteiger partial charge in [-0.3, -0.25) is 0 Å². The first-order valence-electron chi connectivity index (χ1n) is 6.48. The van der Waals surface area contributed by atoms with Crippen molar-refractivity contribution in [3.63, 3.8) is 0 Å². The van der Waals surface area contributed by atoms with E-state index in [4.69, 9.17) is 28.8 Å². The summed E-state index contributed by atoms with van der Waals surface area (Å²) in [5.74, 6) is 0.180. The zero-order valence-electron chi connectivity index (χ0n) is 12.8. The van der Waals surface area contributed by atoms with Gasteiger partial charge in [-0.2, -0.15) is 0 Å². The number of methoxy groups -OCH3 is 3. The zero-order valence-corrected chi connectivity index (χ0v) is 12.8. The minimum absolute atomic E-state index is 0.0143. The Bertz CT molecular complexity index is 486. The molecule has 7 nitrogen and oxygen atoms in total. The Labute approximate surface area is 129 Å². The first-order chi connectivity index (χ1) is 10.6. The van der Waals surface area contributed by atoms with Crippen molar-refractivity contribution in [3.8, 4) is 17.2 Å². The third kappa shape index (κ3) is 5.63. The van der Waals surface area contributed by atoms with Crippen LogP contribution in [-0.4, -0.2) is 52.4 Å². The average Bonchev–Trinajstić information content (AvgIpc) is 2.52. The van der Waals surface area contributed by atoms with Gasteiger partial charge in [-0.15, -0.1) is 0 Å². The minimum atomic E-state index is -1.04. The van der Waals surface area contributed by atoms with Crippen LogP contribution in [0.15, 0.2) is 18.2 Å². The Morgan fingerprint density at radius 3 is 2.27 bits per heavy atom. The van der Waals surface area contributed by atoms with Crippen molar-refractivity contribution in [2.45, 2.75) is 0 Å². The van der Waals surface area contributed by atoms with E-state index in [9.17, 15) is 4.79 Å². The normalized spacial score (nSPS) is 10.7. The molecule has 0 aliphatic rings. The van der Waals surface area contributed by atoms with E-state index in [0.717, 1.165) is 6.08 Å². The van der Waals surface area contributed by atoms with Gasteiger partial charge in [0.2, 0.25) is 5.75 Å². The van der Waals surface area contributed by atoms with Gasteiger partial charge in [-0.25, -0.2) is 4.79 Å². The van der Waals surface area contributed by atoms with E-state index in [-0.39, 0.29) is 6.79 Å². The van der Waals surface area contributed by atoms with Gasteiger partial charge < -0.3 is 28.8 Å². The minimum Gasteiger partial charge on any atom is -0.493 e. The Morgan fingerprint density at radius 1 is 1.14 bits per heavy atom. The predicted molar refractivity (Wildman–Crippen MR) is 79.5 cm³/mol. The highest BCUT2D eigenvalue weighted by molar-refractivity contribution is 5.85. The van der Waals surface area contributed by atoms with Crippen LogP contribution in [-0.2, 0) is 14.3 Å². The van der Waals surface area contributed by atoms with Crippen molar-refractivity contribution < 1.29 is 33.6 Å². The van der Waals surface area contributed by atoms with Gasteiger partial charge in [0, 0.05) is 13.2 Å². The summed E-state index contributed by atoms with van der Waals surface area (Å²) >= 11 is 0. The van der Waals surface area contributed by atoms with Crippen molar-refractivity contribution in [2.24, 2.45) is 0 Å². The fraction of sp³-hybridized carbons (Fsp3) is 0.400. The van der Waals surface area contributed by atoms with E-state index >= 15 is 0 Å². The molecule has 0 saturated heterocycles. The van der Waals surface area contributed by atoms with E-state index in [1.807, 2.05) is 0 Å². The van der Waals surface area contributed by atoms with Gasteiger partial charge in [0.1, 0.15) is 0 Å². The third-order valence-corrected chi connectivity index (χ3v) is 2.62. The summed E-state index contributed by atoms with van der Waals surface area (Å²) in [6, 6.07) is 3.29. The van der Waals surface area contributed by atoms with Crippen molar-refractivity contribution in [1.82, 2.24) is 0 Å². The van der Waals surface area contributed by atoms with Crippen LogP contribution in [0.5, 0.6) is 17.2 Å². The maximum atomic E-state index is 10.6. The van der Waals surface area contributed by atoms with Crippen LogP contribution in [0.3, 0.4) is 0 Å². The fourth-order valence-corrected chi connectivity index (χ4v) is 1.61. The van der Waals surface area contributed by atoms with Crippen molar-refractivity contribution >= 4 is 12.0 Å². The molecule has 0 saturated carbocycles. The lowest BCUT2D eigenvalue weighted by Gasteiger charge is -2.15. The second-order valence-corrected chi connectivity index (χ2v) is 4.09. The van der Waals surface area contributed by atoms with Crippen LogP contribution in [0.25, 0.3) is 6.08 Å². The predicted octanol–water partition coefficient (Wildman–Crippen LogP) is 1.80. The van der Waals surface area contributed by atoms with Crippen LogP contribution in [0, 0.1) is 0 Å². The number of aliphatic carboxylic acids is 1. The van der Waals surface area contributed by atoms with Gasteiger partial charge in [0.05, 0.1) is 27.4 Å². The van der Waals surface area contributed by atoms with Crippen molar-refractivity contribution in [3.05, 3.63) is 23.8 Å². The van der Waals surface area contributed by atoms with Gasteiger partial charge in [-0.1, -0.05) is 0 Å². The molecule has 0 aliphatic heterocycles. The molecule has 0 unspecified atom stereocenters. The number of hydrogen-bond acceptors (Lipinski definition) is 6. The van der Waals surface area contributed by atoms with Gasteiger partial charge >= 0.3 is 5.97 Å². The molecule has 1 N–H and O–H groups in total. The summed E-state index contributed by atoms with van der Waals surface area (Å²) in [6.07, 6.45) is 2.47. The van der Waals surface area contributed by atoms with E-state index in [1.165, 1.54) is 20.3 Å². The molecule has 0 aromatic heterocycles. The maximum Gasteiger partial charge on any atom is 0.328 e. The molecular formula is C15H20O7. The third-order valence-electron chi connectivity index (χ3n) is 2.62. The van der Waals surface area contributed by atoms with Gasteiger partial charge in [0.25, 0.3) is 0 Å². The van der Waals surface area contributed by atoms with Crippen molar-refractivity contribution in [2.75, 3.05) is 41.3 Å². The summed E-state index contributed by atoms with van der Waals surface area (Å²) in [5.41, 5.74) is 0.615. The number of carboxylic acid groups (broad SMARTS) is 1. The highest BCUT2D eigenvalue weighted by atomic mass is 16.7. The van der Waals surface area contributed by atoms with Gasteiger partial charge in [-0.05, 0) is 23.8 Å². The Kier molecular flexibility index (Phi) is 7.80. The Morgan fingerprint density at radius 2 is 1.77 bits per heavy atom. The number of carboxylic acids is 1. The molecule has 22 heavy (non-hydrogen) atoms. The Balaban J connectivity index is 2.88. The van der Waals surface area contributed by atoms with Crippen LogP contribution >= 0.6 is 0 Å². The molecule has 0 amide bonds. The molecule has 122 valence electrons. The zero-order chi connectivity index (χ0) is 16.4. The monoisotopic (exact) mass is 312 g/mol. The second-order valence-electron chi connectivity index (χ2n) is 4.09. The summed E-state index contributed by atoms with van der Waals surface area (Å²) in [7, 11) is 4.55. The first kappa shape index (κ1) is 17.8. The lowest BCUT2D eigenvalue weighted by atomic mass is 10.1. The molecule has 0 aliphatic carbocycles. The van der Waals surface area contributed by atoms with E-state index < -0.39 is 5.97 Å². The second kappa shape index (κ2) is 9.64. The molecule has 7 heteroatoms. The first-order valence-corrected chi connectivity index (χ1v) is 6.48.